The van der Waals surface area contributed by atoms with Crippen molar-refractivity contribution in [1.29, 1.82) is 0 Å². The highest BCUT2D eigenvalue weighted by molar-refractivity contribution is 7.92. The average Bonchev–Trinajstić information content (AvgIpc) is 3.66. The monoisotopic (exact) mass is 650 g/mol. The van der Waals surface area contributed by atoms with Gasteiger partial charge in [-0.05, 0) is 61.8 Å². The average molecular weight is 651 g/mol. The molecule has 2 aromatic carbocycles. The molecule has 2 heterocycles. The lowest BCUT2D eigenvalue weighted by atomic mass is 10.0. The highest BCUT2D eigenvalue weighted by Gasteiger charge is 2.31. The van der Waals surface area contributed by atoms with Gasteiger partial charge in [-0.3, -0.25) is 9.59 Å². The number of halogens is 2. The van der Waals surface area contributed by atoms with Crippen LogP contribution in [0.25, 0.3) is 0 Å². The van der Waals surface area contributed by atoms with Gasteiger partial charge < -0.3 is 9.80 Å². The van der Waals surface area contributed by atoms with Crippen LogP contribution in [0.3, 0.4) is 0 Å². The summed E-state index contributed by atoms with van der Waals surface area (Å²) in [6.45, 7) is 6.44. The number of hydrogen-bond acceptors (Lipinski definition) is 6. The summed E-state index contributed by atoms with van der Waals surface area (Å²) >= 11 is 0. The summed E-state index contributed by atoms with van der Waals surface area (Å²) in [5.41, 5.74) is 0.905. The molecular weight excluding hydrogens is 614 g/mol. The Balaban J connectivity index is 1.31. The molecule has 2 aromatic rings. The molecule has 14 heteroatoms. The van der Waals surface area contributed by atoms with Crippen molar-refractivity contribution in [2.75, 3.05) is 39.3 Å². The third-order valence-electron chi connectivity index (χ3n) is 7.79. The highest BCUT2D eigenvalue weighted by atomic mass is 32.2. The summed E-state index contributed by atoms with van der Waals surface area (Å²) in [6.07, 6.45) is 2.39. The Kier molecular flexibility index (Phi) is 10.7. The first-order valence-electron chi connectivity index (χ1n) is 14.2. The third-order valence-corrected chi connectivity index (χ3v) is 9.92. The summed E-state index contributed by atoms with van der Waals surface area (Å²) in [4.78, 5) is 29.0. The van der Waals surface area contributed by atoms with E-state index in [9.17, 15) is 35.2 Å². The van der Waals surface area contributed by atoms with Crippen molar-refractivity contribution in [3.63, 3.8) is 0 Å². The Bertz CT molecular complexity index is 1660. The van der Waals surface area contributed by atoms with Gasteiger partial charge in [-0.25, -0.2) is 35.1 Å². The van der Waals surface area contributed by atoms with E-state index in [0.29, 0.717) is 31.5 Å². The number of carbonyl (C=O) groups is 2. The molecule has 10 nitrogen and oxygen atoms in total. The lowest BCUT2D eigenvalue weighted by molar-refractivity contribution is 0.0774. The van der Waals surface area contributed by atoms with Crippen molar-refractivity contribution in [3.8, 4) is 0 Å². The Morgan fingerprint density at radius 3 is 2.16 bits per heavy atom. The molecule has 0 aliphatic carbocycles. The molecule has 2 aliphatic heterocycles. The molecule has 2 unspecified atom stereocenters. The fourth-order valence-corrected chi connectivity index (χ4v) is 6.85. The van der Waals surface area contributed by atoms with Gasteiger partial charge in [0.2, 0.25) is 20.0 Å². The van der Waals surface area contributed by atoms with E-state index in [1.807, 2.05) is 0 Å². The topological polar surface area (TPSA) is 133 Å². The zero-order valence-electron chi connectivity index (χ0n) is 24.3. The first-order valence-corrected chi connectivity index (χ1v) is 17.3. The Morgan fingerprint density at radius 2 is 1.52 bits per heavy atom. The van der Waals surface area contributed by atoms with E-state index in [0.717, 1.165) is 22.4 Å². The van der Waals surface area contributed by atoms with Crippen LogP contribution in [0.2, 0.25) is 0 Å². The number of carbonyl (C=O) groups excluding carboxylic acids is 2. The van der Waals surface area contributed by atoms with Crippen LogP contribution in [-0.4, -0.2) is 77.7 Å². The Morgan fingerprint density at radius 1 is 0.909 bits per heavy atom. The standard InChI is InChI=1S/C30H36F2N4O6S2/c1-3-43(39,40)33-17-22-12-14-36(20-22)30(38)28-24(6-4-8-27(28)32)7-5-15-44(41,42)34-18-23-11-13-35(19-23)29(37)25-16-21(2)9-10-26(25)31/h3-6,8-10,15-16,22-23,33-34H,1,7,11-14,17-20H2,2H3/b15-5+. The number of aryl methyl sites for hydroxylation is 1. The fraction of sp³-hybridized carbons (Fsp3) is 0.400. The minimum absolute atomic E-state index is 0.00936. The molecule has 2 aliphatic rings. The number of nitrogens with zero attached hydrogens (tertiary/aromatic N) is 2. The van der Waals surface area contributed by atoms with Crippen LogP contribution in [0.15, 0.2) is 59.9 Å². The number of rotatable bonds is 12. The molecule has 0 radical (unpaired) electrons. The van der Waals surface area contributed by atoms with Gasteiger partial charge in [0.05, 0.1) is 11.1 Å². The van der Waals surface area contributed by atoms with Crippen molar-refractivity contribution in [1.82, 2.24) is 19.2 Å². The number of benzene rings is 2. The largest absolute Gasteiger partial charge is 0.338 e. The number of amides is 2. The molecule has 2 N–H and O–H groups in total. The summed E-state index contributed by atoms with van der Waals surface area (Å²) in [5, 5.41) is 1.77. The molecule has 2 fully saturated rings. The van der Waals surface area contributed by atoms with Crippen LogP contribution in [0.4, 0.5) is 8.78 Å². The Hall–Kier alpha value is -3.46. The van der Waals surface area contributed by atoms with E-state index in [1.165, 1.54) is 34.1 Å². The van der Waals surface area contributed by atoms with Crippen molar-refractivity contribution < 1.29 is 35.2 Å². The molecule has 238 valence electrons. The molecule has 44 heavy (non-hydrogen) atoms. The molecule has 2 atom stereocenters. The molecular formula is C30H36F2N4O6S2. The van der Waals surface area contributed by atoms with Gasteiger partial charge in [-0.15, -0.1) is 0 Å². The van der Waals surface area contributed by atoms with Crippen molar-refractivity contribution >= 4 is 31.9 Å². The molecule has 0 spiro atoms. The highest BCUT2D eigenvalue weighted by Crippen LogP contribution is 2.24. The van der Waals surface area contributed by atoms with Crippen LogP contribution < -0.4 is 9.44 Å². The smallest absolute Gasteiger partial charge is 0.257 e. The van der Waals surface area contributed by atoms with Gasteiger partial charge in [0, 0.05) is 50.1 Å². The number of nitrogens with one attached hydrogen (secondary N) is 2. The lowest BCUT2D eigenvalue weighted by Gasteiger charge is -2.19. The van der Waals surface area contributed by atoms with Gasteiger partial charge >= 0.3 is 0 Å². The second-order valence-electron chi connectivity index (χ2n) is 11.1. The van der Waals surface area contributed by atoms with E-state index in [2.05, 4.69) is 16.0 Å². The Labute approximate surface area is 256 Å². The zero-order valence-corrected chi connectivity index (χ0v) is 26.0. The molecule has 4 rings (SSSR count). The predicted molar refractivity (Wildman–Crippen MR) is 162 cm³/mol. The molecule has 2 amide bonds. The van der Waals surface area contributed by atoms with Crippen LogP contribution in [-0.2, 0) is 26.5 Å². The van der Waals surface area contributed by atoms with E-state index in [1.54, 1.807) is 19.1 Å². The van der Waals surface area contributed by atoms with Gasteiger partial charge in [-0.1, -0.05) is 36.4 Å². The third kappa shape index (κ3) is 8.58. The molecule has 0 bridgehead atoms. The maximum Gasteiger partial charge on any atom is 0.257 e. The van der Waals surface area contributed by atoms with Crippen LogP contribution in [0, 0.1) is 30.4 Å². The minimum Gasteiger partial charge on any atom is -0.338 e. The van der Waals surface area contributed by atoms with E-state index in [-0.39, 0.29) is 55.6 Å². The van der Waals surface area contributed by atoms with E-state index >= 15 is 0 Å². The molecule has 0 aromatic heterocycles. The van der Waals surface area contributed by atoms with Gasteiger partial charge in [0.25, 0.3) is 11.8 Å². The fourth-order valence-electron chi connectivity index (χ4n) is 5.35. The van der Waals surface area contributed by atoms with Crippen LogP contribution in [0.1, 0.15) is 44.7 Å². The predicted octanol–water partition coefficient (Wildman–Crippen LogP) is 2.94. The van der Waals surface area contributed by atoms with Crippen molar-refractivity contribution in [3.05, 3.63) is 93.8 Å². The minimum atomic E-state index is -3.87. The van der Waals surface area contributed by atoms with Gasteiger partial charge in [-0.2, -0.15) is 0 Å². The van der Waals surface area contributed by atoms with Crippen molar-refractivity contribution in [2.24, 2.45) is 11.8 Å². The quantitative estimate of drug-likeness (QED) is 0.363. The number of likely N-dealkylation sites (tertiary alicyclic amines) is 2. The zero-order chi connectivity index (χ0) is 32.1. The second kappa shape index (κ2) is 14.1. The summed E-state index contributed by atoms with van der Waals surface area (Å²) in [6, 6.07) is 8.48. The first kappa shape index (κ1) is 33.4. The maximum atomic E-state index is 14.8. The van der Waals surface area contributed by atoms with Gasteiger partial charge in [0.1, 0.15) is 11.6 Å². The summed E-state index contributed by atoms with van der Waals surface area (Å²) in [7, 11) is -7.48. The number of allylic oxidation sites excluding steroid dienone is 1. The second-order valence-corrected chi connectivity index (χ2v) is 14.5. The lowest BCUT2D eigenvalue weighted by Crippen LogP contribution is -2.33. The number of sulfonamides is 2. The maximum absolute atomic E-state index is 14.8. The SMILES string of the molecule is C=CS(=O)(=O)NCC1CCN(C(=O)c2c(F)cccc2C/C=C/S(=O)(=O)NCC2CCN(C(=O)c3cc(C)ccc3F)C2)C1. The van der Waals surface area contributed by atoms with Crippen LogP contribution in [0.5, 0.6) is 0 Å². The van der Waals surface area contributed by atoms with E-state index in [4.69, 9.17) is 0 Å². The van der Waals surface area contributed by atoms with Gasteiger partial charge in [0.15, 0.2) is 0 Å². The number of hydrogen-bond donors (Lipinski definition) is 2. The normalized spacial score (nSPS) is 19.2. The molecule has 2 saturated heterocycles. The summed E-state index contributed by atoms with van der Waals surface area (Å²) in [5.74, 6) is -2.61. The first-order chi connectivity index (χ1) is 20.8. The van der Waals surface area contributed by atoms with E-state index < -0.39 is 43.5 Å². The summed E-state index contributed by atoms with van der Waals surface area (Å²) < 4.78 is 82.5. The molecule has 0 saturated carbocycles. The van der Waals surface area contributed by atoms with Crippen LogP contribution >= 0.6 is 0 Å². The van der Waals surface area contributed by atoms with Crippen molar-refractivity contribution in [2.45, 2.75) is 26.2 Å².